The summed E-state index contributed by atoms with van der Waals surface area (Å²) in [5.74, 6) is -0.246. The summed E-state index contributed by atoms with van der Waals surface area (Å²) in [4.78, 5) is 13.4. The average molecular weight is 1380 g/mol. The van der Waals surface area contributed by atoms with Crippen molar-refractivity contribution in [3.8, 4) is 0 Å². The molecule has 14 nitrogen and oxygen atoms in total. The third-order valence-electron chi connectivity index (χ3n) is 20.2. The summed E-state index contributed by atoms with van der Waals surface area (Å²) in [5.41, 5.74) is 0. The summed E-state index contributed by atoms with van der Waals surface area (Å²) in [6, 6.07) is -0.940. The summed E-state index contributed by atoms with van der Waals surface area (Å²) < 4.78 is 22.9. The molecule has 2 heterocycles. The van der Waals surface area contributed by atoms with E-state index in [9.17, 15) is 45.6 Å². The van der Waals surface area contributed by atoms with Gasteiger partial charge >= 0.3 is 0 Å². The first kappa shape index (κ1) is 91.0. The number of aliphatic hydroxyl groups is 8. The number of allylic oxidation sites excluding steroid dienone is 7. The van der Waals surface area contributed by atoms with Gasteiger partial charge in [0.2, 0.25) is 5.91 Å². The summed E-state index contributed by atoms with van der Waals surface area (Å²) >= 11 is 0. The van der Waals surface area contributed by atoms with E-state index in [1.54, 1.807) is 6.08 Å². The number of hydrogen-bond acceptors (Lipinski definition) is 13. The van der Waals surface area contributed by atoms with E-state index in [1.165, 1.54) is 302 Å². The summed E-state index contributed by atoms with van der Waals surface area (Å²) in [6.45, 7) is 2.84. The first-order valence-electron chi connectivity index (χ1n) is 41.4. The van der Waals surface area contributed by atoms with Crippen molar-refractivity contribution in [1.82, 2.24) is 5.32 Å². The summed E-state index contributed by atoms with van der Waals surface area (Å²) in [6.07, 6.45) is 73.6. The zero-order chi connectivity index (χ0) is 70.1. The highest BCUT2D eigenvalue weighted by atomic mass is 16.7. The van der Waals surface area contributed by atoms with E-state index in [0.717, 1.165) is 44.9 Å². The maximum atomic E-state index is 13.4. The molecule has 1 amide bonds. The Morgan fingerprint density at radius 2 is 0.660 bits per heavy atom. The molecule has 2 saturated heterocycles. The molecule has 0 saturated carbocycles. The van der Waals surface area contributed by atoms with Gasteiger partial charge in [0.25, 0.3) is 0 Å². The van der Waals surface area contributed by atoms with Crippen LogP contribution in [0.3, 0.4) is 0 Å². The Labute approximate surface area is 594 Å². The first-order valence-corrected chi connectivity index (χ1v) is 41.4. The number of carbonyl (C=O) groups is 1. The third kappa shape index (κ3) is 50.1. The predicted octanol–water partition coefficient (Wildman–Crippen LogP) is 19.0. The molecular weight excluding hydrogens is 1220 g/mol. The number of rotatable bonds is 70. The van der Waals surface area contributed by atoms with Gasteiger partial charge in [0.1, 0.15) is 48.8 Å². The van der Waals surface area contributed by atoms with Gasteiger partial charge in [0.05, 0.1) is 32.0 Å². The number of carbonyl (C=O) groups excluding carboxylic acids is 1. The van der Waals surface area contributed by atoms with Gasteiger partial charge < -0.3 is 65.1 Å². The van der Waals surface area contributed by atoms with Crippen molar-refractivity contribution in [2.24, 2.45) is 0 Å². The average Bonchev–Trinajstić information content (AvgIpc) is 0.794. The molecular formula is C83H155NO13. The number of nitrogens with one attached hydrogen (secondary N) is 1. The fraction of sp³-hybridized carbons (Fsp3) is 0.892. The van der Waals surface area contributed by atoms with Crippen molar-refractivity contribution in [2.75, 3.05) is 19.8 Å². The maximum Gasteiger partial charge on any atom is 0.220 e. The van der Waals surface area contributed by atoms with Gasteiger partial charge in [-0.15, -0.1) is 0 Å². The van der Waals surface area contributed by atoms with Gasteiger partial charge in [-0.2, -0.15) is 0 Å². The molecule has 9 N–H and O–H groups in total. The maximum absolute atomic E-state index is 13.4. The Kier molecular flexibility index (Phi) is 63.0. The van der Waals surface area contributed by atoms with Crippen molar-refractivity contribution in [2.45, 2.75) is 453 Å². The number of unbranched alkanes of at least 4 members (excludes halogenated alkanes) is 51. The van der Waals surface area contributed by atoms with E-state index in [4.69, 9.17) is 18.9 Å². The van der Waals surface area contributed by atoms with Crippen LogP contribution in [0.15, 0.2) is 48.6 Å². The van der Waals surface area contributed by atoms with Crippen LogP contribution >= 0.6 is 0 Å². The van der Waals surface area contributed by atoms with E-state index in [0.29, 0.717) is 12.8 Å². The predicted molar refractivity (Wildman–Crippen MR) is 401 cm³/mol. The lowest BCUT2D eigenvalue weighted by atomic mass is 9.97. The topological polar surface area (TPSA) is 228 Å². The summed E-state index contributed by atoms with van der Waals surface area (Å²) in [7, 11) is 0. The molecule has 0 aromatic heterocycles. The lowest BCUT2D eigenvalue weighted by molar-refractivity contribution is -0.359. The number of amides is 1. The molecule has 0 aromatic carbocycles. The molecule has 0 aromatic rings. The molecule has 14 heteroatoms. The molecule has 0 aliphatic carbocycles. The van der Waals surface area contributed by atoms with Gasteiger partial charge in [0, 0.05) is 6.42 Å². The van der Waals surface area contributed by atoms with Crippen molar-refractivity contribution in [1.29, 1.82) is 0 Å². The van der Waals surface area contributed by atoms with E-state index < -0.39 is 86.8 Å². The monoisotopic (exact) mass is 1370 g/mol. The highest BCUT2D eigenvalue weighted by Crippen LogP contribution is 2.30. The lowest BCUT2D eigenvalue weighted by Gasteiger charge is -2.46. The van der Waals surface area contributed by atoms with Gasteiger partial charge in [-0.05, 0) is 70.6 Å². The van der Waals surface area contributed by atoms with Crippen LogP contribution in [0.4, 0.5) is 0 Å². The minimum absolute atomic E-state index is 0.246. The highest BCUT2D eigenvalue weighted by Gasteiger charge is 2.51. The van der Waals surface area contributed by atoms with Crippen LogP contribution < -0.4 is 5.32 Å². The largest absolute Gasteiger partial charge is 0.394 e. The molecule has 2 fully saturated rings. The molecule has 2 rings (SSSR count). The van der Waals surface area contributed by atoms with Crippen LogP contribution in [0.5, 0.6) is 0 Å². The number of ether oxygens (including phenoxy) is 4. The van der Waals surface area contributed by atoms with Crippen molar-refractivity contribution in [3.05, 3.63) is 48.6 Å². The molecule has 12 unspecified atom stereocenters. The second kappa shape index (κ2) is 67.1. The Bertz CT molecular complexity index is 1810. The molecule has 2 aliphatic rings. The Hall–Kier alpha value is -2.05. The Morgan fingerprint density at radius 1 is 0.361 bits per heavy atom. The van der Waals surface area contributed by atoms with E-state index in [-0.39, 0.29) is 18.9 Å². The lowest BCUT2D eigenvalue weighted by Crippen LogP contribution is -2.65. The van der Waals surface area contributed by atoms with Crippen LogP contribution in [0.25, 0.3) is 0 Å². The van der Waals surface area contributed by atoms with E-state index in [1.807, 2.05) is 6.08 Å². The minimum atomic E-state index is -1.79. The molecule has 0 radical (unpaired) electrons. The molecule has 12 atom stereocenters. The molecule has 0 spiro atoms. The van der Waals surface area contributed by atoms with Crippen LogP contribution in [0.1, 0.15) is 380 Å². The zero-order valence-electron chi connectivity index (χ0n) is 62.6. The second-order valence-corrected chi connectivity index (χ2v) is 29.2. The fourth-order valence-electron chi connectivity index (χ4n) is 13.7. The van der Waals surface area contributed by atoms with E-state index >= 15 is 0 Å². The highest BCUT2D eigenvalue weighted by molar-refractivity contribution is 5.76. The third-order valence-corrected chi connectivity index (χ3v) is 20.2. The molecule has 570 valence electrons. The SMILES string of the molecule is CCCCCCCCCC/C=C\CCCCCCCCCCCCCCCCCCCCCCCC(=O)NC(COC1OC(CO)C(OC2OC(CO)C(O)C(O)C2O)C(O)C1O)C(O)/C=C/CC/C=C/CC/C=C/CCCCCCCCCCCCCCCCCCCCCC. The van der Waals surface area contributed by atoms with Crippen LogP contribution in [0, 0.1) is 0 Å². The van der Waals surface area contributed by atoms with Crippen LogP contribution in [-0.2, 0) is 23.7 Å². The summed E-state index contributed by atoms with van der Waals surface area (Å²) in [5, 5.41) is 87.7. The Balaban J connectivity index is 1.62. The van der Waals surface area contributed by atoms with Crippen LogP contribution in [-0.4, -0.2) is 140 Å². The standard InChI is InChI=1S/C83H155NO13/c1-3-5-7-9-11-13-15-17-19-21-23-25-27-29-31-33-35-36-37-39-41-43-45-47-49-51-53-55-57-59-61-63-65-67-75(88)84-71(70-94-82-80(93)78(91)81(74(69-86)96-82)97-83-79(92)77(90)76(89)73(68-85)95-83)72(87)66-64-62-60-58-56-54-52-50-48-46-44-42-40-38-34-32-30-28-26-24-22-20-18-16-14-12-10-8-6-4-2/h21,23,48,50,56,58,64,66,71-74,76-83,85-87,89-93H,3-20,22,24-47,49,51-55,57,59-63,65,67-70H2,1-2H3,(H,84,88)/b23-21-,50-48+,58-56+,66-64+. The number of aliphatic hydroxyl groups excluding tert-OH is 8. The van der Waals surface area contributed by atoms with Crippen molar-refractivity contribution < 1.29 is 64.6 Å². The van der Waals surface area contributed by atoms with Gasteiger partial charge in [0.15, 0.2) is 12.6 Å². The van der Waals surface area contributed by atoms with Gasteiger partial charge in [-0.3, -0.25) is 4.79 Å². The molecule has 2 aliphatic heterocycles. The number of hydrogen-bond donors (Lipinski definition) is 9. The fourth-order valence-corrected chi connectivity index (χ4v) is 13.7. The normalized spacial score (nSPS) is 22.3. The van der Waals surface area contributed by atoms with Crippen molar-refractivity contribution >= 4 is 5.91 Å². The minimum Gasteiger partial charge on any atom is -0.394 e. The van der Waals surface area contributed by atoms with Crippen LogP contribution in [0.2, 0.25) is 0 Å². The molecule has 0 bridgehead atoms. The van der Waals surface area contributed by atoms with Gasteiger partial charge in [-0.25, -0.2) is 0 Å². The Morgan fingerprint density at radius 3 is 1.01 bits per heavy atom. The quantitative estimate of drug-likeness (QED) is 0.0204. The zero-order valence-corrected chi connectivity index (χ0v) is 62.6. The van der Waals surface area contributed by atoms with Crippen molar-refractivity contribution in [3.63, 3.8) is 0 Å². The molecule has 97 heavy (non-hydrogen) atoms. The smallest absolute Gasteiger partial charge is 0.220 e. The first-order chi connectivity index (χ1) is 47.6. The van der Waals surface area contributed by atoms with Gasteiger partial charge in [-0.1, -0.05) is 351 Å². The van der Waals surface area contributed by atoms with E-state index in [2.05, 4.69) is 55.6 Å². The second-order valence-electron chi connectivity index (χ2n) is 29.2.